The second-order valence-corrected chi connectivity index (χ2v) is 12.4. The molecule has 10 nitrogen and oxygen atoms in total. The molecule has 28 heavy (non-hydrogen) atoms. The molecule has 0 saturated carbocycles. The van der Waals surface area contributed by atoms with Crippen LogP contribution < -0.4 is 0 Å². The molecule has 0 fully saturated rings. The van der Waals surface area contributed by atoms with E-state index in [-0.39, 0.29) is 24.4 Å². The van der Waals surface area contributed by atoms with Gasteiger partial charge in [0.25, 0.3) is 29.8 Å². The zero-order valence-corrected chi connectivity index (χ0v) is 19.8. The predicted octanol–water partition coefficient (Wildman–Crippen LogP) is 1.80. The van der Waals surface area contributed by atoms with E-state index in [1.54, 1.807) is 13.8 Å². The van der Waals surface area contributed by atoms with Gasteiger partial charge in [0.1, 0.15) is 5.67 Å². The average molecular weight is 459 g/mol. The number of carbonyl (C=O) groups excluding carboxylic acids is 5. The van der Waals surface area contributed by atoms with Gasteiger partial charge in [-0.05, 0) is 5.92 Å². The van der Waals surface area contributed by atoms with Crippen LogP contribution in [0.1, 0.15) is 48.5 Å². The van der Waals surface area contributed by atoms with Crippen LogP contribution in [-0.2, 0) is 46.1 Å². The fourth-order valence-corrected chi connectivity index (χ4v) is 11.2. The third kappa shape index (κ3) is 11.0. The lowest BCUT2D eigenvalue weighted by molar-refractivity contribution is -0.147. The van der Waals surface area contributed by atoms with Crippen LogP contribution in [0.3, 0.4) is 0 Å². The Morgan fingerprint density at radius 2 is 0.929 bits per heavy atom. The van der Waals surface area contributed by atoms with Crippen LogP contribution in [0.2, 0.25) is 11.7 Å². The third-order valence-electron chi connectivity index (χ3n) is 2.76. The second-order valence-electron chi connectivity index (χ2n) is 6.34. The van der Waals surface area contributed by atoms with E-state index in [2.05, 4.69) is 0 Å². The molecule has 0 aliphatic rings. The first kappa shape index (κ1) is 28.3. The van der Waals surface area contributed by atoms with Crippen LogP contribution in [0, 0.1) is 5.92 Å². The van der Waals surface area contributed by atoms with Gasteiger partial charge in [0, 0.05) is 40.7 Å². The van der Waals surface area contributed by atoms with Gasteiger partial charge in [0.15, 0.2) is 0 Å². The molecule has 0 rings (SSSR count). The number of carbonyl (C=O) groups is 5. The molecule has 0 atom stereocenters. The average Bonchev–Trinajstić information content (AvgIpc) is 2.30. The van der Waals surface area contributed by atoms with Crippen molar-refractivity contribution in [3.8, 4) is 0 Å². The topological polar surface area (TPSA) is 132 Å². The molecule has 0 heterocycles. The Labute approximate surface area is 172 Å². The highest BCUT2D eigenvalue weighted by molar-refractivity contribution is 6.86. The van der Waals surface area contributed by atoms with Gasteiger partial charge in [0.2, 0.25) is 0 Å². The lowest BCUT2D eigenvalue weighted by Gasteiger charge is -2.34. The van der Waals surface area contributed by atoms with Crippen molar-refractivity contribution < 1.29 is 46.1 Å². The molecular formula is C15H27ClO10Si2. The molecule has 0 amide bonds. The van der Waals surface area contributed by atoms with Crippen LogP contribution >= 0.6 is 12.4 Å². The highest BCUT2D eigenvalue weighted by Gasteiger charge is 2.64. The zero-order chi connectivity index (χ0) is 21.4. The molecule has 0 bridgehead atoms. The van der Waals surface area contributed by atoms with Crippen LogP contribution in [-0.4, -0.2) is 47.2 Å². The highest BCUT2D eigenvalue weighted by atomic mass is 35.5. The van der Waals surface area contributed by atoms with E-state index in [4.69, 9.17) is 22.1 Å². The molecule has 0 spiro atoms. The molecule has 0 aromatic heterocycles. The number of hydrogen-bond donors (Lipinski definition) is 0. The van der Waals surface area contributed by atoms with Crippen LogP contribution in [0.25, 0.3) is 0 Å². The Bertz CT molecular complexity index is 551. The molecule has 0 aliphatic carbocycles. The van der Waals surface area contributed by atoms with Crippen molar-refractivity contribution in [2.45, 2.75) is 60.2 Å². The van der Waals surface area contributed by atoms with Gasteiger partial charge in [-0.25, -0.2) is 0 Å². The van der Waals surface area contributed by atoms with Crippen molar-refractivity contribution in [2.75, 3.05) is 0 Å². The van der Waals surface area contributed by atoms with E-state index in [0.717, 1.165) is 34.6 Å². The number of hydrogen-bond acceptors (Lipinski definition) is 10. The zero-order valence-electron chi connectivity index (χ0n) is 17.0. The summed E-state index contributed by atoms with van der Waals surface area (Å²) >= 11 is 0. The maximum atomic E-state index is 11.7. The van der Waals surface area contributed by atoms with Crippen LogP contribution in [0.4, 0.5) is 0 Å². The minimum Gasteiger partial charge on any atom is -0.485 e. The largest absolute Gasteiger partial charge is 0.709 e. The summed E-state index contributed by atoms with van der Waals surface area (Å²) in [7, 11) is -8.15. The van der Waals surface area contributed by atoms with E-state index in [0.29, 0.717) is 0 Å². The van der Waals surface area contributed by atoms with Crippen molar-refractivity contribution >= 4 is 59.6 Å². The molecule has 0 N–H and O–H groups in total. The van der Waals surface area contributed by atoms with E-state index in [9.17, 15) is 24.0 Å². The van der Waals surface area contributed by atoms with Gasteiger partial charge >= 0.3 is 17.4 Å². The van der Waals surface area contributed by atoms with Crippen molar-refractivity contribution in [2.24, 2.45) is 5.92 Å². The second kappa shape index (κ2) is 11.8. The summed E-state index contributed by atoms with van der Waals surface area (Å²) in [4.78, 5) is 58.2. The lowest BCUT2D eigenvalue weighted by atomic mass is 10.3. The highest BCUT2D eigenvalue weighted by Crippen LogP contribution is 2.32. The summed E-state index contributed by atoms with van der Waals surface area (Å²) in [5, 5.41) is 0. The molecule has 0 saturated heterocycles. The molecular weight excluding hydrogens is 432 g/mol. The first-order valence-corrected chi connectivity index (χ1v) is 12.3. The Kier molecular flexibility index (Phi) is 11.9. The van der Waals surface area contributed by atoms with E-state index in [1.165, 1.54) is 0 Å². The Morgan fingerprint density at radius 3 is 1.14 bits per heavy atom. The van der Waals surface area contributed by atoms with Crippen molar-refractivity contribution in [1.82, 2.24) is 0 Å². The van der Waals surface area contributed by atoms with Gasteiger partial charge in [-0.3, -0.25) is 24.0 Å². The summed E-state index contributed by atoms with van der Waals surface area (Å²) in [5.41, 5.74) is -0.490. The van der Waals surface area contributed by atoms with Crippen molar-refractivity contribution in [1.29, 1.82) is 0 Å². The summed E-state index contributed by atoms with van der Waals surface area (Å²) < 4.78 is 26.1. The predicted molar refractivity (Wildman–Crippen MR) is 102 cm³/mol. The molecule has 13 heteroatoms. The Morgan fingerprint density at radius 1 is 0.643 bits per heavy atom. The molecule has 0 radical (unpaired) electrons. The minimum atomic E-state index is -4.36. The fraction of sp³-hybridized carbons (Fsp3) is 0.667. The van der Waals surface area contributed by atoms with E-state index in [1.807, 2.05) is 0 Å². The monoisotopic (exact) mass is 458 g/mol. The molecule has 0 aliphatic heterocycles. The maximum absolute atomic E-state index is 11.7. The summed E-state index contributed by atoms with van der Waals surface area (Å²) in [5.74, 6) is -4.19. The van der Waals surface area contributed by atoms with Crippen LogP contribution in [0.5, 0.6) is 0 Å². The first-order chi connectivity index (χ1) is 12.2. The fourth-order valence-electron chi connectivity index (χ4n) is 2.55. The van der Waals surface area contributed by atoms with Crippen molar-refractivity contribution in [3.63, 3.8) is 0 Å². The minimum absolute atomic E-state index is 0. The Hall–Kier alpha value is -1.93. The molecule has 0 unspecified atom stereocenters. The lowest BCUT2D eigenvalue weighted by Crippen LogP contribution is -2.59. The molecule has 0 aromatic rings. The van der Waals surface area contributed by atoms with Gasteiger partial charge in [0.05, 0.1) is 0 Å². The summed E-state index contributed by atoms with van der Waals surface area (Å²) in [6.07, 6.45) is 0. The normalized spacial score (nSPS) is 11.0. The summed E-state index contributed by atoms with van der Waals surface area (Å²) in [6.45, 7) is 8.95. The molecule has 162 valence electrons. The Balaban J connectivity index is 0. The van der Waals surface area contributed by atoms with E-state index < -0.39 is 52.9 Å². The SMILES string of the molecule is CC(=O)O[Si](CC(C)C)(C[Si](OC(C)=O)(OC(C)=O)OC(C)=O)OC(C)=O.Cl. The van der Waals surface area contributed by atoms with Crippen LogP contribution in [0.15, 0.2) is 0 Å². The third-order valence-corrected chi connectivity index (χ3v) is 11.2. The van der Waals surface area contributed by atoms with Gasteiger partial charge < -0.3 is 22.1 Å². The van der Waals surface area contributed by atoms with Gasteiger partial charge in [-0.1, -0.05) is 13.8 Å². The van der Waals surface area contributed by atoms with Crippen molar-refractivity contribution in [3.05, 3.63) is 0 Å². The summed E-state index contributed by atoms with van der Waals surface area (Å²) in [6, 6.07) is 0.116. The quantitative estimate of drug-likeness (QED) is 0.471. The smallest absolute Gasteiger partial charge is 0.485 e. The maximum Gasteiger partial charge on any atom is 0.709 e. The van der Waals surface area contributed by atoms with Gasteiger partial charge in [-0.2, -0.15) is 0 Å². The van der Waals surface area contributed by atoms with E-state index >= 15 is 0 Å². The number of halogens is 1. The van der Waals surface area contributed by atoms with Gasteiger partial charge in [-0.15, -0.1) is 12.4 Å². The number of rotatable bonds is 9. The first-order valence-electron chi connectivity index (χ1n) is 8.19. The molecule has 0 aromatic carbocycles. The standard InChI is InChI=1S/C15H26O10Si2.ClH/c1-10(2)8-26(21-11(3)16,22-12(4)17)9-27(23-13(5)18,24-14(6)19)25-15(7)20;/h10H,8-9H2,1-7H3;1H.